The van der Waals surface area contributed by atoms with Crippen LogP contribution in [0.15, 0.2) is 30.3 Å². The van der Waals surface area contributed by atoms with Gasteiger partial charge in [0.1, 0.15) is 0 Å². The summed E-state index contributed by atoms with van der Waals surface area (Å²) in [5.41, 5.74) is 0.931. The minimum atomic E-state index is -0.192. The summed E-state index contributed by atoms with van der Waals surface area (Å²) in [6, 6.07) is 8.76. The number of nitrogens with one attached hydrogen (secondary N) is 1. The number of hydrogen-bond acceptors (Lipinski definition) is 5. The summed E-state index contributed by atoms with van der Waals surface area (Å²) in [5.74, 6) is 1.18. The third-order valence-corrected chi connectivity index (χ3v) is 4.61. The summed E-state index contributed by atoms with van der Waals surface area (Å²) >= 11 is 1.20. The lowest BCUT2D eigenvalue weighted by Gasteiger charge is -2.14. The predicted molar refractivity (Wildman–Crippen MR) is 82.8 cm³/mol. The van der Waals surface area contributed by atoms with Gasteiger partial charge in [-0.1, -0.05) is 6.07 Å². The SMILES string of the molecule is CC(=O)c1ccc(C(=O)NC(C)c2ccc3c(c2)OCO3)s1. The Kier molecular flexibility index (Phi) is 3.85. The molecule has 1 unspecified atom stereocenters. The van der Waals surface area contributed by atoms with Gasteiger partial charge in [-0.2, -0.15) is 0 Å². The normalized spacial score (nSPS) is 13.7. The molecule has 0 saturated heterocycles. The van der Waals surface area contributed by atoms with Gasteiger partial charge in [-0.3, -0.25) is 9.59 Å². The second-order valence-electron chi connectivity index (χ2n) is 5.03. The Balaban J connectivity index is 1.71. The van der Waals surface area contributed by atoms with Crippen LogP contribution in [0.2, 0.25) is 0 Å². The van der Waals surface area contributed by atoms with E-state index in [4.69, 9.17) is 9.47 Å². The molecule has 0 aliphatic carbocycles. The van der Waals surface area contributed by atoms with Crippen LogP contribution in [0, 0.1) is 0 Å². The second-order valence-corrected chi connectivity index (χ2v) is 6.11. The molecule has 1 amide bonds. The maximum Gasteiger partial charge on any atom is 0.261 e. The van der Waals surface area contributed by atoms with Crippen LogP contribution in [0.4, 0.5) is 0 Å². The highest BCUT2D eigenvalue weighted by Gasteiger charge is 2.18. The number of ether oxygens (including phenoxy) is 2. The van der Waals surface area contributed by atoms with Crippen molar-refractivity contribution in [2.75, 3.05) is 6.79 Å². The smallest absolute Gasteiger partial charge is 0.261 e. The van der Waals surface area contributed by atoms with E-state index in [-0.39, 0.29) is 24.5 Å². The quantitative estimate of drug-likeness (QED) is 0.880. The summed E-state index contributed by atoms with van der Waals surface area (Å²) in [6.07, 6.45) is 0. The number of ketones is 1. The van der Waals surface area contributed by atoms with Gasteiger partial charge in [0, 0.05) is 0 Å². The molecule has 0 bridgehead atoms. The van der Waals surface area contributed by atoms with Crippen molar-refractivity contribution in [1.29, 1.82) is 0 Å². The summed E-state index contributed by atoms with van der Waals surface area (Å²) in [5, 5.41) is 2.92. The Labute approximate surface area is 131 Å². The molecule has 1 atom stereocenters. The molecule has 1 aromatic carbocycles. The van der Waals surface area contributed by atoms with Gasteiger partial charge in [0.2, 0.25) is 6.79 Å². The molecule has 3 rings (SSSR count). The predicted octanol–water partition coefficient (Wildman–Crippen LogP) is 3.17. The second kappa shape index (κ2) is 5.81. The van der Waals surface area contributed by atoms with Gasteiger partial charge in [0.15, 0.2) is 17.3 Å². The molecule has 22 heavy (non-hydrogen) atoms. The lowest BCUT2D eigenvalue weighted by atomic mass is 10.1. The fraction of sp³-hybridized carbons (Fsp3) is 0.250. The third kappa shape index (κ3) is 2.82. The van der Waals surface area contributed by atoms with Gasteiger partial charge in [-0.15, -0.1) is 11.3 Å². The van der Waals surface area contributed by atoms with Gasteiger partial charge < -0.3 is 14.8 Å². The molecule has 1 aromatic heterocycles. The third-order valence-electron chi connectivity index (χ3n) is 3.42. The molecule has 0 fully saturated rings. The molecule has 1 aliphatic heterocycles. The van der Waals surface area contributed by atoms with Crippen LogP contribution < -0.4 is 14.8 Å². The zero-order valence-electron chi connectivity index (χ0n) is 12.2. The fourth-order valence-electron chi connectivity index (χ4n) is 2.18. The number of thiophene rings is 1. The highest BCUT2D eigenvalue weighted by Crippen LogP contribution is 2.34. The van der Waals surface area contributed by atoms with Crippen molar-refractivity contribution < 1.29 is 19.1 Å². The zero-order chi connectivity index (χ0) is 15.7. The van der Waals surface area contributed by atoms with Crippen molar-refractivity contribution in [3.63, 3.8) is 0 Å². The van der Waals surface area contributed by atoms with Crippen LogP contribution in [0.3, 0.4) is 0 Å². The number of carbonyl (C=O) groups excluding carboxylic acids is 2. The number of benzene rings is 1. The lowest BCUT2D eigenvalue weighted by molar-refractivity contribution is 0.0943. The standard InChI is InChI=1S/C16H15NO4S/c1-9(11-3-4-12-13(7-11)21-8-20-12)17-16(19)15-6-5-14(22-15)10(2)18/h3-7,9H,8H2,1-2H3,(H,17,19). The van der Waals surface area contributed by atoms with E-state index in [1.54, 1.807) is 12.1 Å². The van der Waals surface area contributed by atoms with Gasteiger partial charge >= 0.3 is 0 Å². The molecule has 1 N–H and O–H groups in total. The number of rotatable bonds is 4. The molecule has 2 heterocycles. The van der Waals surface area contributed by atoms with Crippen LogP contribution in [0.25, 0.3) is 0 Å². The van der Waals surface area contributed by atoms with E-state index < -0.39 is 0 Å². The van der Waals surface area contributed by atoms with E-state index in [1.807, 2.05) is 25.1 Å². The number of fused-ring (bicyclic) bond motifs is 1. The van der Waals surface area contributed by atoms with E-state index in [0.29, 0.717) is 21.3 Å². The molecule has 0 spiro atoms. The zero-order valence-corrected chi connectivity index (χ0v) is 13.0. The molecular formula is C16H15NO4S. The van der Waals surface area contributed by atoms with Crippen molar-refractivity contribution in [3.05, 3.63) is 45.6 Å². The van der Waals surface area contributed by atoms with Gasteiger partial charge in [-0.25, -0.2) is 0 Å². The minimum Gasteiger partial charge on any atom is -0.454 e. The number of carbonyl (C=O) groups is 2. The van der Waals surface area contributed by atoms with E-state index in [1.165, 1.54) is 18.3 Å². The minimum absolute atomic E-state index is 0.0344. The van der Waals surface area contributed by atoms with Crippen molar-refractivity contribution >= 4 is 23.0 Å². The maximum atomic E-state index is 12.2. The highest BCUT2D eigenvalue weighted by atomic mass is 32.1. The Morgan fingerprint density at radius 3 is 2.59 bits per heavy atom. The summed E-state index contributed by atoms with van der Waals surface area (Å²) in [7, 11) is 0. The van der Waals surface area contributed by atoms with E-state index in [0.717, 1.165) is 5.56 Å². The van der Waals surface area contributed by atoms with Crippen LogP contribution in [-0.2, 0) is 0 Å². The highest BCUT2D eigenvalue weighted by molar-refractivity contribution is 7.15. The van der Waals surface area contributed by atoms with Crippen LogP contribution >= 0.6 is 11.3 Å². The Morgan fingerprint density at radius 1 is 1.14 bits per heavy atom. The van der Waals surface area contributed by atoms with Crippen molar-refractivity contribution in [1.82, 2.24) is 5.32 Å². The van der Waals surface area contributed by atoms with Crippen molar-refractivity contribution in [2.24, 2.45) is 0 Å². The Morgan fingerprint density at radius 2 is 1.86 bits per heavy atom. The molecule has 0 radical (unpaired) electrons. The number of hydrogen-bond donors (Lipinski definition) is 1. The average Bonchev–Trinajstić information content (AvgIpc) is 3.15. The van der Waals surface area contributed by atoms with E-state index >= 15 is 0 Å². The average molecular weight is 317 g/mol. The monoisotopic (exact) mass is 317 g/mol. The number of amides is 1. The first kappa shape index (κ1) is 14.6. The van der Waals surface area contributed by atoms with Gasteiger partial charge in [0.05, 0.1) is 15.8 Å². The lowest BCUT2D eigenvalue weighted by Crippen LogP contribution is -2.25. The van der Waals surface area contributed by atoms with Gasteiger partial charge in [-0.05, 0) is 43.7 Å². The fourth-order valence-corrected chi connectivity index (χ4v) is 2.99. The molecule has 2 aromatic rings. The molecule has 6 heteroatoms. The first-order valence-electron chi connectivity index (χ1n) is 6.86. The van der Waals surface area contributed by atoms with E-state index in [9.17, 15) is 9.59 Å². The van der Waals surface area contributed by atoms with Crippen LogP contribution in [0.1, 0.15) is 44.8 Å². The Hall–Kier alpha value is -2.34. The molecule has 114 valence electrons. The summed E-state index contributed by atoms with van der Waals surface area (Å²) in [4.78, 5) is 24.6. The summed E-state index contributed by atoms with van der Waals surface area (Å²) < 4.78 is 10.6. The largest absolute Gasteiger partial charge is 0.454 e. The topological polar surface area (TPSA) is 64.6 Å². The number of Topliss-reactive ketones (excluding diaryl/α,β-unsaturated/α-hetero) is 1. The van der Waals surface area contributed by atoms with Crippen molar-refractivity contribution in [2.45, 2.75) is 19.9 Å². The van der Waals surface area contributed by atoms with Crippen LogP contribution in [-0.4, -0.2) is 18.5 Å². The summed E-state index contributed by atoms with van der Waals surface area (Å²) in [6.45, 7) is 3.61. The van der Waals surface area contributed by atoms with E-state index in [2.05, 4.69) is 5.32 Å². The maximum absolute atomic E-state index is 12.2. The molecule has 5 nitrogen and oxygen atoms in total. The van der Waals surface area contributed by atoms with Gasteiger partial charge in [0.25, 0.3) is 5.91 Å². The van der Waals surface area contributed by atoms with Crippen LogP contribution in [0.5, 0.6) is 11.5 Å². The Bertz CT molecular complexity index is 737. The first-order chi connectivity index (χ1) is 10.5. The molecule has 1 aliphatic rings. The first-order valence-corrected chi connectivity index (χ1v) is 7.67. The van der Waals surface area contributed by atoms with Crippen molar-refractivity contribution in [3.8, 4) is 11.5 Å². The molecular weight excluding hydrogens is 302 g/mol. The molecule has 0 saturated carbocycles.